The molecule has 2 N–H and O–H groups in total. The number of imide groups is 2. The van der Waals surface area contributed by atoms with E-state index in [2.05, 4.69) is 15.4 Å². The third-order valence-corrected chi connectivity index (χ3v) is 5.64. The first-order valence-electron chi connectivity index (χ1n) is 11.2. The van der Waals surface area contributed by atoms with E-state index in [1.807, 2.05) is 0 Å². The summed E-state index contributed by atoms with van der Waals surface area (Å²) in [6, 6.07) is 13.9. The van der Waals surface area contributed by atoms with Gasteiger partial charge in [-0.2, -0.15) is 0 Å². The van der Waals surface area contributed by atoms with Gasteiger partial charge in [0.1, 0.15) is 17.1 Å². The van der Waals surface area contributed by atoms with Crippen molar-refractivity contribution >= 4 is 58.8 Å². The van der Waals surface area contributed by atoms with Crippen LogP contribution in [0.15, 0.2) is 72.3 Å². The second-order valence-electron chi connectivity index (χ2n) is 8.02. The number of hydrogen-bond acceptors (Lipinski definition) is 7. The summed E-state index contributed by atoms with van der Waals surface area (Å²) in [6.45, 7) is -0.452. The molecule has 3 aromatic carbocycles. The number of anilines is 2. The van der Waals surface area contributed by atoms with E-state index in [1.165, 1.54) is 79.9 Å². The maximum Gasteiger partial charge on any atom is 0.337 e. The number of halogens is 2. The second kappa shape index (κ2) is 11.6. The maximum atomic E-state index is 13.2. The fraction of sp³-hybridized carbons (Fsp3) is 0.0741. The van der Waals surface area contributed by atoms with Gasteiger partial charge in [-0.25, -0.2) is 18.9 Å². The number of benzene rings is 3. The molecular weight excluding hydrogens is 533 g/mol. The van der Waals surface area contributed by atoms with E-state index in [4.69, 9.17) is 16.3 Å². The Morgan fingerprint density at radius 2 is 1.72 bits per heavy atom. The van der Waals surface area contributed by atoms with Crippen molar-refractivity contribution < 1.29 is 37.8 Å². The zero-order valence-corrected chi connectivity index (χ0v) is 21.0. The van der Waals surface area contributed by atoms with E-state index in [9.17, 15) is 28.4 Å². The lowest BCUT2D eigenvalue weighted by Crippen LogP contribution is -2.54. The summed E-state index contributed by atoms with van der Waals surface area (Å²) in [6.07, 6.45) is 1.18. The summed E-state index contributed by atoms with van der Waals surface area (Å²) >= 11 is 6.11. The van der Waals surface area contributed by atoms with Gasteiger partial charge in [0.2, 0.25) is 0 Å². The Balaban J connectivity index is 1.57. The molecule has 5 amide bonds. The third-order valence-electron chi connectivity index (χ3n) is 5.41. The zero-order chi connectivity index (χ0) is 28.1. The number of nitrogens with zero attached hydrogens (tertiary/aromatic N) is 1. The standard InChI is InChI=1S/C27H19ClFN3O7/c1-38-26(36)15-2-9-20(10-3-15)32-25(35)21(24(34)31-27(32)37)13-16-12-17(28)4-11-22(16)39-14-23(33)30-19-7-5-18(29)6-8-19/h2-13H,14H2,1H3,(H,30,33)(H,31,34,37)/b21-13-. The Hall–Kier alpha value is -5.03. The molecule has 0 atom stereocenters. The highest BCUT2D eigenvalue weighted by Crippen LogP contribution is 2.28. The number of barbiturate groups is 1. The molecule has 1 saturated heterocycles. The van der Waals surface area contributed by atoms with Gasteiger partial charge in [0, 0.05) is 16.3 Å². The van der Waals surface area contributed by atoms with E-state index in [0.29, 0.717) is 5.69 Å². The molecule has 198 valence electrons. The number of rotatable bonds is 7. The van der Waals surface area contributed by atoms with E-state index >= 15 is 0 Å². The summed E-state index contributed by atoms with van der Waals surface area (Å²) in [4.78, 5) is 63.1. The molecule has 3 aromatic rings. The monoisotopic (exact) mass is 551 g/mol. The number of carbonyl (C=O) groups is 5. The number of nitrogens with one attached hydrogen (secondary N) is 2. The smallest absolute Gasteiger partial charge is 0.337 e. The predicted octanol–water partition coefficient (Wildman–Crippen LogP) is 3.95. The molecule has 10 nitrogen and oxygen atoms in total. The van der Waals surface area contributed by atoms with Gasteiger partial charge in [0.25, 0.3) is 17.7 Å². The van der Waals surface area contributed by atoms with E-state index in [0.717, 1.165) is 4.90 Å². The zero-order valence-electron chi connectivity index (χ0n) is 20.2. The van der Waals surface area contributed by atoms with Gasteiger partial charge in [0.05, 0.1) is 18.4 Å². The molecule has 12 heteroatoms. The number of ether oxygens (including phenoxy) is 2. The molecule has 0 aromatic heterocycles. The van der Waals surface area contributed by atoms with Crippen LogP contribution in [0.4, 0.5) is 20.6 Å². The molecule has 1 heterocycles. The van der Waals surface area contributed by atoms with Crippen LogP contribution in [-0.4, -0.2) is 43.4 Å². The number of methoxy groups -OCH3 is 1. The molecule has 0 bridgehead atoms. The summed E-state index contributed by atoms with van der Waals surface area (Å²) in [7, 11) is 1.21. The summed E-state index contributed by atoms with van der Waals surface area (Å²) in [5.74, 6) is -3.38. The Kier molecular flexibility index (Phi) is 8.01. The maximum absolute atomic E-state index is 13.2. The van der Waals surface area contributed by atoms with Crippen LogP contribution in [0.2, 0.25) is 5.02 Å². The molecule has 0 saturated carbocycles. The number of urea groups is 1. The van der Waals surface area contributed by atoms with Crippen LogP contribution in [0, 0.1) is 5.82 Å². The van der Waals surface area contributed by atoms with Crippen molar-refractivity contribution in [2.75, 3.05) is 23.9 Å². The lowest BCUT2D eigenvalue weighted by molar-refractivity contribution is -0.122. The first kappa shape index (κ1) is 27.0. The molecule has 0 unspecified atom stereocenters. The average molecular weight is 552 g/mol. The fourth-order valence-electron chi connectivity index (χ4n) is 3.55. The molecule has 1 aliphatic rings. The normalized spacial score (nSPS) is 14.2. The van der Waals surface area contributed by atoms with E-state index < -0.39 is 47.7 Å². The number of hydrogen-bond donors (Lipinski definition) is 2. The van der Waals surface area contributed by atoms with Crippen molar-refractivity contribution in [2.45, 2.75) is 0 Å². The van der Waals surface area contributed by atoms with Crippen LogP contribution in [0.25, 0.3) is 6.08 Å². The highest BCUT2D eigenvalue weighted by atomic mass is 35.5. The van der Waals surface area contributed by atoms with Crippen LogP contribution in [0.3, 0.4) is 0 Å². The molecule has 0 spiro atoms. The van der Waals surface area contributed by atoms with Crippen molar-refractivity contribution in [3.8, 4) is 5.75 Å². The number of carbonyl (C=O) groups excluding carboxylic acids is 5. The minimum absolute atomic E-state index is 0.101. The van der Waals surface area contributed by atoms with Crippen molar-refractivity contribution in [3.63, 3.8) is 0 Å². The molecular formula is C27H19ClFN3O7. The Labute approximate surface area is 225 Å². The van der Waals surface area contributed by atoms with Crippen molar-refractivity contribution in [3.05, 3.63) is 94.3 Å². The summed E-state index contributed by atoms with van der Waals surface area (Å²) < 4.78 is 23.3. The minimum Gasteiger partial charge on any atom is -0.483 e. The van der Waals surface area contributed by atoms with Gasteiger partial charge >= 0.3 is 12.0 Å². The summed E-state index contributed by atoms with van der Waals surface area (Å²) in [5.41, 5.74) is 0.434. The highest BCUT2D eigenvalue weighted by molar-refractivity contribution is 6.39. The first-order valence-corrected chi connectivity index (χ1v) is 11.6. The highest BCUT2D eigenvalue weighted by Gasteiger charge is 2.37. The van der Waals surface area contributed by atoms with Crippen LogP contribution in [-0.2, 0) is 19.1 Å². The topological polar surface area (TPSA) is 131 Å². The number of esters is 1. The van der Waals surface area contributed by atoms with Crippen LogP contribution in [0.5, 0.6) is 5.75 Å². The lowest BCUT2D eigenvalue weighted by Gasteiger charge is -2.26. The fourth-order valence-corrected chi connectivity index (χ4v) is 3.73. The Morgan fingerprint density at radius 1 is 1.03 bits per heavy atom. The van der Waals surface area contributed by atoms with Crippen LogP contribution >= 0.6 is 11.6 Å². The van der Waals surface area contributed by atoms with Crippen LogP contribution in [0.1, 0.15) is 15.9 Å². The van der Waals surface area contributed by atoms with Gasteiger partial charge in [0.15, 0.2) is 6.61 Å². The van der Waals surface area contributed by atoms with Gasteiger partial charge in [-0.05, 0) is 72.8 Å². The van der Waals surface area contributed by atoms with Crippen LogP contribution < -0.4 is 20.3 Å². The largest absolute Gasteiger partial charge is 0.483 e. The average Bonchev–Trinajstić information content (AvgIpc) is 2.91. The molecule has 4 rings (SSSR count). The SMILES string of the molecule is COC(=O)c1ccc(N2C(=O)NC(=O)/C(=C/c3cc(Cl)ccc3OCC(=O)Nc3ccc(F)cc3)C2=O)cc1. The third kappa shape index (κ3) is 6.28. The molecule has 1 aliphatic heterocycles. The number of amides is 5. The Morgan fingerprint density at radius 3 is 2.38 bits per heavy atom. The molecule has 1 fully saturated rings. The molecule has 0 radical (unpaired) electrons. The van der Waals surface area contributed by atoms with Gasteiger partial charge < -0.3 is 14.8 Å². The quantitative estimate of drug-likeness (QED) is 0.258. The summed E-state index contributed by atoms with van der Waals surface area (Å²) in [5, 5.41) is 4.89. The Bertz CT molecular complexity index is 1500. The predicted molar refractivity (Wildman–Crippen MR) is 139 cm³/mol. The van der Waals surface area contributed by atoms with Crippen molar-refractivity contribution in [1.82, 2.24) is 5.32 Å². The van der Waals surface area contributed by atoms with Crippen molar-refractivity contribution in [2.24, 2.45) is 0 Å². The van der Waals surface area contributed by atoms with Crippen molar-refractivity contribution in [1.29, 1.82) is 0 Å². The van der Waals surface area contributed by atoms with Gasteiger partial charge in [-0.3, -0.25) is 19.7 Å². The molecule has 39 heavy (non-hydrogen) atoms. The van der Waals surface area contributed by atoms with Gasteiger partial charge in [-0.15, -0.1) is 0 Å². The van der Waals surface area contributed by atoms with E-state index in [-0.39, 0.29) is 27.6 Å². The second-order valence-corrected chi connectivity index (χ2v) is 8.46. The molecule has 0 aliphatic carbocycles. The lowest BCUT2D eigenvalue weighted by atomic mass is 10.1. The minimum atomic E-state index is -0.979. The first-order chi connectivity index (χ1) is 18.7. The van der Waals surface area contributed by atoms with E-state index in [1.54, 1.807) is 0 Å². The van der Waals surface area contributed by atoms with Gasteiger partial charge in [-0.1, -0.05) is 11.6 Å².